The summed E-state index contributed by atoms with van der Waals surface area (Å²) in [7, 11) is 0. The zero-order valence-corrected chi connectivity index (χ0v) is 13.2. The molecule has 0 saturated carbocycles. The molecule has 116 valence electrons. The van der Waals surface area contributed by atoms with E-state index in [1.165, 1.54) is 5.56 Å². The summed E-state index contributed by atoms with van der Waals surface area (Å²) in [4.78, 5) is 12.5. The van der Waals surface area contributed by atoms with E-state index in [1.54, 1.807) is 0 Å². The van der Waals surface area contributed by atoms with E-state index < -0.39 is 5.54 Å². The number of benzene rings is 1. The van der Waals surface area contributed by atoms with Crippen molar-refractivity contribution in [1.82, 2.24) is 5.32 Å². The molecule has 4 nitrogen and oxygen atoms in total. The van der Waals surface area contributed by atoms with Gasteiger partial charge in [0.25, 0.3) is 0 Å². The average molecular weight is 290 g/mol. The fourth-order valence-corrected chi connectivity index (χ4v) is 2.64. The average Bonchev–Trinajstić information content (AvgIpc) is 2.92. The molecule has 21 heavy (non-hydrogen) atoms. The van der Waals surface area contributed by atoms with Gasteiger partial charge >= 0.3 is 0 Å². The Hall–Kier alpha value is -1.39. The lowest BCUT2D eigenvalue weighted by Gasteiger charge is -2.28. The smallest absolute Gasteiger partial charge is 0.243 e. The summed E-state index contributed by atoms with van der Waals surface area (Å²) in [5.41, 5.74) is 7.68. The second kappa shape index (κ2) is 6.58. The van der Waals surface area contributed by atoms with Crippen LogP contribution in [0.3, 0.4) is 0 Å². The Kier molecular flexibility index (Phi) is 5.01. The van der Waals surface area contributed by atoms with Gasteiger partial charge in [0.2, 0.25) is 5.91 Å². The van der Waals surface area contributed by atoms with Crippen LogP contribution in [-0.2, 0) is 16.0 Å². The lowest BCUT2D eigenvalue weighted by atomic mass is 9.92. The fraction of sp³-hybridized carbons (Fsp3) is 0.588. The van der Waals surface area contributed by atoms with Gasteiger partial charge in [0.05, 0.1) is 12.6 Å². The highest BCUT2D eigenvalue weighted by molar-refractivity contribution is 5.87. The summed E-state index contributed by atoms with van der Waals surface area (Å²) in [6.45, 7) is 7.20. The van der Waals surface area contributed by atoms with Crippen LogP contribution in [0.4, 0.5) is 0 Å². The van der Waals surface area contributed by atoms with Crippen LogP contribution < -0.4 is 11.1 Å². The predicted octanol–water partition coefficient (Wildman–Crippen LogP) is 2.18. The van der Waals surface area contributed by atoms with E-state index in [0.717, 1.165) is 12.0 Å². The molecule has 0 aliphatic carbocycles. The van der Waals surface area contributed by atoms with Crippen LogP contribution in [0.25, 0.3) is 0 Å². The largest absolute Gasteiger partial charge is 0.379 e. The molecule has 4 heteroatoms. The molecule has 1 saturated heterocycles. The number of hydrogen-bond donors (Lipinski definition) is 2. The molecule has 1 aromatic rings. The molecule has 0 bridgehead atoms. The van der Waals surface area contributed by atoms with E-state index in [9.17, 15) is 4.79 Å². The number of nitrogens with two attached hydrogens (primary N) is 1. The number of aryl methyl sites for hydroxylation is 1. The van der Waals surface area contributed by atoms with E-state index in [-0.39, 0.29) is 11.9 Å². The van der Waals surface area contributed by atoms with E-state index in [1.807, 2.05) is 0 Å². The minimum atomic E-state index is -0.878. The van der Waals surface area contributed by atoms with E-state index in [2.05, 4.69) is 50.4 Å². The van der Waals surface area contributed by atoms with Crippen molar-refractivity contribution in [2.45, 2.75) is 45.2 Å². The monoisotopic (exact) mass is 290 g/mol. The van der Waals surface area contributed by atoms with Gasteiger partial charge in [-0.2, -0.15) is 0 Å². The number of rotatable bonds is 5. The van der Waals surface area contributed by atoms with Gasteiger partial charge < -0.3 is 15.8 Å². The van der Waals surface area contributed by atoms with Crippen LogP contribution in [0.2, 0.25) is 0 Å². The van der Waals surface area contributed by atoms with Crippen molar-refractivity contribution in [1.29, 1.82) is 0 Å². The SMILES string of the molecule is CCc1ccc(C(NC(=O)C2(N)CCOC2)C(C)C)cc1. The van der Waals surface area contributed by atoms with Gasteiger partial charge in [0, 0.05) is 6.61 Å². The van der Waals surface area contributed by atoms with Crippen molar-refractivity contribution in [3.63, 3.8) is 0 Å². The quantitative estimate of drug-likeness (QED) is 0.873. The zero-order valence-electron chi connectivity index (χ0n) is 13.2. The highest BCUT2D eigenvalue weighted by Crippen LogP contribution is 2.24. The number of amides is 1. The van der Waals surface area contributed by atoms with Gasteiger partial charge in [-0.05, 0) is 29.9 Å². The highest BCUT2D eigenvalue weighted by atomic mass is 16.5. The predicted molar refractivity (Wildman–Crippen MR) is 83.9 cm³/mol. The molecule has 1 aromatic carbocycles. The molecular weight excluding hydrogens is 264 g/mol. The van der Waals surface area contributed by atoms with Crippen molar-refractivity contribution < 1.29 is 9.53 Å². The normalized spacial score (nSPS) is 23.3. The number of carbonyl (C=O) groups excluding carboxylic acids is 1. The highest BCUT2D eigenvalue weighted by Gasteiger charge is 2.39. The first-order valence-corrected chi connectivity index (χ1v) is 7.72. The molecule has 1 heterocycles. The van der Waals surface area contributed by atoms with Gasteiger partial charge in [-0.15, -0.1) is 0 Å². The molecule has 2 unspecified atom stereocenters. The van der Waals surface area contributed by atoms with Crippen molar-refractivity contribution in [2.24, 2.45) is 11.7 Å². The first-order valence-electron chi connectivity index (χ1n) is 7.72. The number of ether oxygens (including phenoxy) is 1. The van der Waals surface area contributed by atoms with Gasteiger partial charge in [0.15, 0.2) is 0 Å². The zero-order chi connectivity index (χ0) is 15.5. The Morgan fingerprint density at radius 3 is 2.52 bits per heavy atom. The van der Waals surface area contributed by atoms with E-state index >= 15 is 0 Å². The summed E-state index contributed by atoms with van der Waals surface area (Å²) >= 11 is 0. The molecule has 2 rings (SSSR count). The Morgan fingerprint density at radius 1 is 1.38 bits per heavy atom. The van der Waals surface area contributed by atoms with Crippen LogP contribution in [0.5, 0.6) is 0 Å². The summed E-state index contributed by atoms with van der Waals surface area (Å²) in [6, 6.07) is 8.40. The molecule has 1 fully saturated rings. The second-order valence-corrected chi connectivity index (χ2v) is 6.25. The molecule has 0 radical (unpaired) electrons. The van der Waals surface area contributed by atoms with Crippen LogP contribution in [0.1, 0.15) is 44.4 Å². The lowest BCUT2D eigenvalue weighted by Crippen LogP contribution is -2.55. The second-order valence-electron chi connectivity index (χ2n) is 6.25. The number of nitrogens with one attached hydrogen (secondary N) is 1. The third-order valence-corrected chi connectivity index (χ3v) is 4.20. The van der Waals surface area contributed by atoms with E-state index in [4.69, 9.17) is 10.5 Å². The summed E-state index contributed by atoms with van der Waals surface area (Å²) in [5.74, 6) is 0.186. The van der Waals surface area contributed by atoms with Crippen LogP contribution >= 0.6 is 0 Å². The third kappa shape index (κ3) is 3.63. The van der Waals surface area contributed by atoms with Crippen molar-refractivity contribution >= 4 is 5.91 Å². The maximum absolute atomic E-state index is 12.5. The molecule has 0 aromatic heterocycles. The Bertz CT molecular complexity index is 476. The maximum Gasteiger partial charge on any atom is 0.243 e. The number of hydrogen-bond acceptors (Lipinski definition) is 3. The topological polar surface area (TPSA) is 64.4 Å². The van der Waals surface area contributed by atoms with Gasteiger partial charge in [-0.3, -0.25) is 4.79 Å². The Balaban J connectivity index is 2.13. The molecule has 1 aliphatic heterocycles. The molecule has 2 atom stereocenters. The van der Waals surface area contributed by atoms with Crippen molar-refractivity contribution in [3.8, 4) is 0 Å². The summed E-state index contributed by atoms with van der Waals surface area (Å²) < 4.78 is 5.27. The Labute approximate surface area is 127 Å². The molecular formula is C17H26N2O2. The summed E-state index contributed by atoms with van der Waals surface area (Å²) in [6.07, 6.45) is 1.60. The van der Waals surface area contributed by atoms with Crippen molar-refractivity contribution in [3.05, 3.63) is 35.4 Å². The lowest BCUT2D eigenvalue weighted by molar-refractivity contribution is -0.127. The standard InChI is InChI=1S/C17H26N2O2/c1-4-13-5-7-14(8-6-13)15(12(2)3)19-16(20)17(18)9-10-21-11-17/h5-8,12,15H,4,9-11,18H2,1-3H3,(H,19,20). The van der Waals surface area contributed by atoms with Crippen LogP contribution in [-0.4, -0.2) is 24.7 Å². The summed E-state index contributed by atoms with van der Waals surface area (Å²) in [5, 5.41) is 3.11. The first kappa shape index (κ1) is 16.0. The molecule has 1 aliphatic rings. The third-order valence-electron chi connectivity index (χ3n) is 4.20. The minimum Gasteiger partial charge on any atom is -0.379 e. The van der Waals surface area contributed by atoms with Crippen molar-refractivity contribution in [2.75, 3.05) is 13.2 Å². The van der Waals surface area contributed by atoms with Gasteiger partial charge in [-0.1, -0.05) is 45.0 Å². The van der Waals surface area contributed by atoms with Gasteiger partial charge in [0.1, 0.15) is 5.54 Å². The van der Waals surface area contributed by atoms with E-state index in [0.29, 0.717) is 25.6 Å². The van der Waals surface area contributed by atoms with Gasteiger partial charge in [-0.25, -0.2) is 0 Å². The molecule has 3 N–H and O–H groups in total. The fourth-order valence-electron chi connectivity index (χ4n) is 2.64. The Morgan fingerprint density at radius 2 is 2.05 bits per heavy atom. The van der Waals surface area contributed by atoms with Crippen LogP contribution in [0.15, 0.2) is 24.3 Å². The first-order chi connectivity index (χ1) is 9.96. The molecule has 1 amide bonds. The minimum absolute atomic E-state index is 0.0237. The molecule has 0 spiro atoms. The van der Waals surface area contributed by atoms with Crippen LogP contribution in [0, 0.1) is 5.92 Å². The maximum atomic E-state index is 12.5. The number of carbonyl (C=O) groups is 1.